The molecule has 0 unspecified atom stereocenters. The third kappa shape index (κ3) is 1.35. The number of rotatable bonds is 0. The van der Waals surface area contributed by atoms with Crippen molar-refractivity contribution in [2.24, 2.45) is 5.92 Å². The van der Waals surface area contributed by atoms with Crippen molar-refractivity contribution in [1.82, 2.24) is 0 Å². The SMILES string of the molecule is C[C@@H]1CCc2ccc3ccccc3c2[C@H]1O. The summed E-state index contributed by atoms with van der Waals surface area (Å²) in [6, 6.07) is 12.7. The second-order valence-electron chi connectivity index (χ2n) is 4.82. The van der Waals surface area contributed by atoms with Crippen molar-refractivity contribution < 1.29 is 5.11 Å². The van der Waals surface area contributed by atoms with Crippen molar-refractivity contribution >= 4 is 10.8 Å². The maximum atomic E-state index is 10.3. The van der Waals surface area contributed by atoms with E-state index < -0.39 is 0 Å². The van der Waals surface area contributed by atoms with Gasteiger partial charge in [-0.2, -0.15) is 0 Å². The fraction of sp³-hybridized carbons (Fsp3) is 0.333. The summed E-state index contributed by atoms with van der Waals surface area (Å²) in [5, 5.41) is 12.8. The van der Waals surface area contributed by atoms with E-state index in [1.165, 1.54) is 16.3 Å². The van der Waals surface area contributed by atoms with Crippen LogP contribution in [0.3, 0.4) is 0 Å². The standard InChI is InChI=1S/C15H16O/c1-10-6-7-12-9-8-11-4-2-3-5-13(11)14(12)15(10)16/h2-5,8-10,15-16H,6-7H2,1H3/t10-,15+/m1/s1. The highest BCUT2D eigenvalue weighted by atomic mass is 16.3. The Morgan fingerprint density at radius 1 is 1.12 bits per heavy atom. The van der Waals surface area contributed by atoms with Gasteiger partial charge in [-0.3, -0.25) is 0 Å². The highest BCUT2D eigenvalue weighted by molar-refractivity contribution is 5.87. The molecule has 0 aromatic heterocycles. The molecule has 1 aliphatic carbocycles. The molecule has 1 nitrogen and oxygen atoms in total. The van der Waals surface area contributed by atoms with Crippen LogP contribution in [0.5, 0.6) is 0 Å². The summed E-state index contributed by atoms with van der Waals surface area (Å²) in [6.07, 6.45) is 1.89. The number of aliphatic hydroxyl groups is 1. The van der Waals surface area contributed by atoms with Crippen molar-refractivity contribution in [3.05, 3.63) is 47.5 Å². The highest BCUT2D eigenvalue weighted by Crippen LogP contribution is 2.38. The molecule has 1 N–H and O–H groups in total. The molecule has 0 radical (unpaired) electrons. The van der Waals surface area contributed by atoms with Gasteiger partial charge in [0.2, 0.25) is 0 Å². The van der Waals surface area contributed by atoms with E-state index in [0.29, 0.717) is 5.92 Å². The van der Waals surface area contributed by atoms with Gasteiger partial charge < -0.3 is 5.11 Å². The van der Waals surface area contributed by atoms with Crippen LogP contribution in [0.1, 0.15) is 30.6 Å². The zero-order chi connectivity index (χ0) is 11.1. The van der Waals surface area contributed by atoms with Gasteiger partial charge in [0.25, 0.3) is 0 Å². The molecule has 1 heteroatoms. The molecule has 0 bridgehead atoms. The summed E-state index contributed by atoms with van der Waals surface area (Å²) < 4.78 is 0. The van der Waals surface area contributed by atoms with Gasteiger partial charge in [0.1, 0.15) is 0 Å². The Morgan fingerprint density at radius 2 is 1.94 bits per heavy atom. The predicted octanol–water partition coefficient (Wildman–Crippen LogP) is 3.46. The fourth-order valence-electron chi connectivity index (χ4n) is 2.73. The van der Waals surface area contributed by atoms with Crippen LogP contribution in [0.2, 0.25) is 0 Å². The Hall–Kier alpha value is -1.34. The van der Waals surface area contributed by atoms with Crippen LogP contribution in [0, 0.1) is 5.92 Å². The van der Waals surface area contributed by atoms with Crippen LogP contribution >= 0.6 is 0 Å². The average Bonchev–Trinajstić information content (AvgIpc) is 2.33. The van der Waals surface area contributed by atoms with Crippen molar-refractivity contribution in [2.45, 2.75) is 25.9 Å². The lowest BCUT2D eigenvalue weighted by atomic mass is 9.80. The number of benzene rings is 2. The first-order valence-electron chi connectivity index (χ1n) is 5.96. The van der Waals surface area contributed by atoms with Crippen molar-refractivity contribution in [3.63, 3.8) is 0 Å². The minimum atomic E-state index is -0.296. The molecule has 0 spiro atoms. The van der Waals surface area contributed by atoms with Crippen molar-refractivity contribution in [1.29, 1.82) is 0 Å². The lowest BCUT2D eigenvalue weighted by Gasteiger charge is -2.28. The summed E-state index contributed by atoms with van der Waals surface area (Å²) >= 11 is 0. The Bertz CT molecular complexity index is 530. The maximum Gasteiger partial charge on any atom is 0.0824 e. The number of aliphatic hydroxyl groups excluding tert-OH is 1. The van der Waals surface area contributed by atoms with Crippen LogP contribution in [0.4, 0.5) is 0 Å². The topological polar surface area (TPSA) is 20.2 Å². The summed E-state index contributed by atoms with van der Waals surface area (Å²) in [6.45, 7) is 2.13. The summed E-state index contributed by atoms with van der Waals surface area (Å²) in [5.74, 6) is 0.373. The van der Waals surface area contributed by atoms with Gasteiger partial charge >= 0.3 is 0 Å². The van der Waals surface area contributed by atoms with E-state index >= 15 is 0 Å². The van der Waals surface area contributed by atoms with Gasteiger partial charge in [-0.15, -0.1) is 0 Å². The fourth-order valence-corrected chi connectivity index (χ4v) is 2.73. The van der Waals surface area contributed by atoms with Crippen molar-refractivity contribution in [3.8, 4) is 0 Å². The van der Waals surface area contributed by atoms with Crippen molar-refractivity contribution in [2.75, 3.05) is 0 Å². The molecular weight excluding hydrogens is 196 g/mol. The second kappa shape index (κ2) is 3.60. The van der Waals surface area contributed by atoms with E-state index in [-0.39, 0.29) is 6.10 Å². The number of aryl methyl sites for hydroxylation is 1. The van der Waals surface area contributed by atoms with Crippen LogP contribution in [0.15, 0.2) is 36.4 Å². The van der Waals surface area contributed by atoms with Gasteiger partial charge in [0.05, 0.1) is 6.10 Å². The smallest absolute Gasteiger partial charge is 0.0824 e. The third-order valence-corrected chi connectivity index (χ3v) is 3.76. The molecule has 0 saturated carbocycles. The molecule has 0 amide bonds. The lowest BCUT2D eigenvalue weighted by molar-refractivity contribution is 0.105. The minimum absolute atomic E-state index is 0.296. The van der Waals surface area contributed by atoms with E-state index in [9.17, 15) is 5.11 Å². The van der Waals surface area contributed by atoms with E-state index in [1.807, 2.05) is 6.07 Å². The third-order valence-electron chi connectivity index (χ3n) is 3.76. The minimum Gasteiger partial charge on any atom is -0.388 e. The number of hydrogen-bond acceptors (Lipinski definition) is 1. The van der Waals surface area contributed by atoms with Gasteiger partial charge in [0, 0.05) is 0 Å². The molecule has 2 aromatic rings. The van der Waals surface area contributed by atoms with Crippen LogP contribution in [-0.2, 0) is 6.42 Å². The predicted molar refractivity (Wildman–Crippen MR) is 66.4 cm³/mol. The maximum absolute atomic E-state index is 10.3. The first kappa shape index (κ1) is 9.86. The molecule has 3 rings (SSSR count). The highest BCUT2D eigenvalue weighted by Gasteiger charge is 2.25. The normalized spacial score (nSPS) is 24.4. The Kier molecular flexibility index (Phi) is 2.22. The molecular formula is C15H16O. The largest absolute Gasteiger partial charge is 0.388 e. The molecule has 82 valence electrons. The van der Waals surface area contributed by atoms with E-state index in [0.717, 1.165) is 18.4 Å². The zero-order valence-corrected chi connectivity index (χ0v) is 9.48. The Balaban J connectivity index is 2.32. The summed E-state index contributed by atoms with van der Waals surface area (Å²) in [7, 11) is 0. The lowest BCUT2D eigenvalue weighted by Crippen LogP contribution is -2.18. The monoisotopic (exact) mass is 212 g/mol. The van der Waals surface area contributed by atoms with Crippen LogP contribution in [0.25, 0.3) is 10.8 Å². The van der Waals surface area contributed by atoms with Gasteiger partial charge in [0.15, 0.2) is 0 Å². The number of hydrogen-bond donors (Lipinski definition) is 1. The molecule has 2 atom stereocenters. The average molecular weight is 212 g/mol. The Labute approximate surface area is 95.7 Å². The van der Waals surface area contributed by atoms with Crippen LogP contribution < -0.4 is 0 Å². The molecule has 1 aliphatic rings. The second-order valence-corrected chi connectivity index (χ2v) is 4.82. The van der Waals surface area contributed by atoms with Gasteiger partial charge in [-0.25, -0.2) is 0 Å². The molecule has 0 fully saturated rings. The first-order chi connectivity index (χ1) is 7.77. The summed E-state index contributed by atoms with van der Waals surface area (Å²) in [4.78, 5) is 0. The molecule has 0 aliphatic heterocycles. The Morgan fingerprint density at radius 3 is 2.81 bits per heavy atom. The van der Waals surface area contributed by atoms with Gasteiger partial charge in [-0.05, 0) is 40.7 Å². The first-order valence-corrected chi connectivity index (χ1v) is 5.96. The summed E-state index contributed by atoms with van der Waals surface area (Å²) in [5.41, 5.74) is 2.49. The van der Waals surface area contributed by atoms with Crippen LogP contribution in [-0.4, -0.2) is 5.11 Å². The zero-order valence-electron chi connectivity index (χ0n) is 9.48. The van der Waals surface area contributed by atoms with E-state index in [4.69, 9.17) is 0 Å². The van der Waals surface area contributed by atoms with E-state index in [2.05, 4.69) is 37.3 Å². The number of fused-ring (bicyclic) bond motifs is 3. The molecule has 2 aromatic carbocycles. The van der Waals surface area contributed by atoms with E-state index in [1.54, 1.807) is 0 Å². The quantitative estimate of drug-likeness (QED) is 0.709. The van der Waals surface area contributed by atoms with Gasteiger partial charge in [-0.1, -0.05) is 43.3 Å². The molecule has 0 saturated heterocycles. The molecule has 0 heterocycles. The molecule has 16 heavy (non-hydrogen) atoms.